The highest BCUT2D eigenvalue weighted by Gasteiger charge is 2.11. The van der Waals surface area contributed by atoms with E-state index in [2.05, 4.69) is 44.6 Å². The third-order valence-electron chi connectivity index (χ3n) is 3.27. The van der Waals surface area contributed by atoms with Gasteiger partial charge in [-0.1, -0.05) is 26.2 Å². The van der Waals surface area contributed by atoms with Gasteiger partial charge in [0.2, 0.25) is 5.95 Å². The highest BCUT2D eigenvalue weighted by Crippen LogP contribution is 2.21. The van der Waals surface area contributed by atoms with Crippen molar-refractivity contribution in [2.75, 3.05) is 17.2 Å². The third kappa shape index (κ3) is 3.59. The summed E-state index contributed by atoms with van der Waals surface area (Å²) >= 11 is 0. The van der Waals surface area contributed by atoms with Crippen molar-refractivity contribution in [2.24, 2.45) is 0 Å². The summed E-state index contributed by atoms with van der Waals surface area (Å²) < 4.78 is 0. The van der Waals surface area contributed by atoms with E-state index in [0.717, 1.165) is 29.8 Å². The molecule has 0 aliphatic rings. The van der Waals surface area contributed by atoms with Gasteiger partial charge in [0.15, 0.2) is 5.65 Å². The number of aromatic nitrogens is 4. The summed E-state index contributed by atoms with van der Waals surface area (Å²) in [4.78, 5) is 8.93. The Morgan fingerprint density at radius 2 is 2.10 bits per heavy atom. The number of unbranched alkanes of at least 4 members (excludes halogenated alkanes) is 2. The molecule has 0 aliphatic heterocycles. The van der Waals surface area contributed by atoms with Crippen LogP contribution in [0.25, 0.3) is 11.0 Å². The lowest BCUT2D eigenvalue weighted by Gasteiger charge is -2.15. The van der Waals surface area contributed by atoms with Gasteiger partial charge in [-0.2, -0.15) is 15.1 Å². The van der Waals surface area contributed by atoms with Crippen LogP contribution in [0.4, 0.5) is 11.8 Å². The highest BCUT2D eigenvalue weighted by molar-refractivity contribution is 5.87. The molecule has 0 fully saturated rings. The van der Waals surface area contributed by atoms with Crippen LogP contribution in [0.15, 0.2) is 6.20 Å². The summed E-state index contributed by atoms with van der Waals surface area (Å²) in [5, 5.41) is 14.5. The van der Waals surface area contributed by atoms with Crippen LogP contribution in [0.3, 0.4) is 0 Å². The molecule has 2 aromatic rings. The predicted octanol–water partition coefficient (Wildman–Crippen LogP) is 3.17. The molecule has 2 heterocycles. The van der Waals surface area contributed by atoms with E-state index in [1.54, 1.807) is 6.20 Å². The van der Waals surface area contributed by atoms with Crippen molar-refractivity contribution in [3.63, 3.8) is 0 Å². The number of rotatable bonds is 8. The first-order chi connectivity index (χ1) is 9.74. The molecule has 0 saturated heterocycles. The van der Waals surface area contributed by atoms with Crippen LogP contribution < -0.4 is 10.6 Å². The quantitative estimate of drug-likeness (QED) is 0.645. The zero-order chi connectivity index (χ0) is 14.4. The molecule has 20 heavy (non-hydrogen) atoms. The maximum Gasteiger partial charge on any atom is 0.226 e. The molecule has 6 heteroatoms. The van der Waals surface area contributed by atoms with Gasteiger partial charge in [0.25, 0.3) is 0 Å². The van der Waals surface area contributed by atoms with Crippen LogP contribution in [0.2, 0.25) is 0 Å². The molecular weight excluding hydrogens is 252 g/mol. The number of hydrogen-bond acceptors (Lipinski definition) is 5. The third-order valence-corrected chi connectivity index (χ3v) is 3.27. The lowest BCUT2D eigenvalue weighted by Crippen LogP contribution is -2.17. The van der Waals surface area contributed by atoms with Crippen molar-refractivity contribution in [2.45, 2.75) is 52.5 Å². The minimum Gasteiger partial charge on any atom is -0.367 e. The van der Waals surface area contributed by atoms with E-state index in [1.807, 2.05) is 6.92 Å². The smallest absolute Gasteiger partial charge is 0.226 e. The van der Waals surface area contributed by atoms with Crippen LogP contribution >= 0.6 is 0 Å². The van der Waals surface area contributed by atoms with Crippen LogP contribution in [0.1, 0.15) is 46.5 Å². The Bertz CT molecular complexity index is 535. The van der Waals surface area contributed by atoms with Gasteiger partial charge in [0.05, 0.1) is 11.6 Å². The molecule has 0 spiro atoms. The Balaban J connectivity index is 2.12. The van der Waals surface area contributed by atoms with Gasteiger partial charge in [-0.05, 0) is 20.3 Å². The summed E-state index contributed by atoms with van der Waals surface area (Å²) in [5.41, 5.74) is 0.763. The summed E-state index contributed by atoms with van der Waals surface area (Å²) in [5.74, 6) is 1.48. The van der Waals surface area contributed by atoms with Gasteiger partial charge >= 0.3 is 0 Å². The van der Waals surface area contributed by atoms with Crippen LogP contribution in [-0.4, -0.2) is 32.8 Å². The second-order valence-corrected chi connectivity index (χ2v) is 5.10. The average molecular weight is 276 g/mol. The maximum atomic E-state index is 4.54. The molecule has 110 valence electrons. The van der Waals surface area contributed by atoms with Crippen molar-refractivity contribution in [3.8, 4) is 0 Å². The Kier molecular flexibility index (Phi) is 5.15. The maximum absolute atomic E-state index is 4.54. The number of H-pyrrole nitrogens is 1. The van der Waals surface area contributed by atoms with Gasteiger partial charge in [0, 0.05) is 12.6 Å². The minimum atomic E-state index is 0.393. The number of nitrogens with one attached hydrogen (secondary N) is 3. The van der Waals surface area contributed by atoms with Crippen molar-refractivity contribution in [1.82, 2.24) is 20.2 Å². The fourth-order valence-electron chi connectivity index (χ4n) is 2.19. The SMILES string of the molecule is CCCCCC(C)Nc1nc(NCC)nc2[nH]ncc12. The van der Waals surface area contributed by atoms with E-state index in [4.69, 9.17) is 0 Å². The van der Waals surface area contributed by atoms with Gasteiger partial charge in [-0.15, -0.1) is 0 Å². The second kappa shape index (κ2) is 7.07. The Morgan fingerprint density at radius 3 is 2.85 bits per heavy atom. The van der Waals surface area contributed by atoms with E-state index >= 15 is 0 Å². The monoisotopic (exact) mass is 276 g/mol. The number of fused-ring (bicyclic) bond motifs is 1. The van der Waals surface area contributed by atoms with E-state index in [1.165, 1.54) is 19.3 Å². The molecule has 2 rings (SSSR count). The molecule has 1 unspecified atom stereocenters. The largest absolute Gasteiger partial charge is 0.367 e. The summed E-state index contributed by atoms with van der Waals surface area (Å²) in [6.45, 7) is 7.24. The van der Waals surface area contributed by atoms with Crippen molar-refractivity contribution in [3.05, 3.63) is 6.20 Å². The molecule has 0 radical (unpaired) electrons. The molecule has 3 N–H and O–H groups in total. The number of anilines is 2. The lowest BCUT2D eigenvalue weighted by molar-refractivity contribution is 0.614. The van der Waals surface area contributed by atoms with Gasteiger partial charge in [0.1, 0.15) is 5.82 Å². The molecule has 0 bridgehead atoms. The molecule has 6 nitrogen and oxygen atoms in total. The highest BCUT2D eigenvalue weighted by atomic mass is 15.2. The molecule has 0 saturated carbocycles. The molecule has 0 amide bonds. The molecule has 0 aliphatic carbocycles. The van der Waals surface area contributed by atoms with Crippen molar-refractivity contribution in [1.29, 1.82) is 0 Å². The topological polar surface area (TPSA) is 78.5 Å². The van der Waals surface area contributed by atoms with Gasteiger partial charge in [-0.3, -0.25) is 5.10 Å². The normalized spacial score (nSPS) is 12.6. The number of hydrogen-bond donors (Lipinski definition) is 3. The number of aromatic amines is 1. The van der Waals surface area contributed by atoms with Gasteiger partial charge in [-0.25, -0.2) is 0 Å². The van der Waals surface area contributed by atoms with Crippen molar-refractivity contribution < 1.29 is 0 Å². The molecular formula is C14H24N6. The zero-order valence-electron chi connectivity index (χ0n) is 12.5. The molecule has 2 aromatic heterocycles. The van der Waals surface area contributed by atoms with E-state index in [0.29, 0.717) is 12.0 Å². The Hall–Kier alpha value is -1.85. The second-order valence-electron chi connectivity index (χ2n) is 5.10. The van der Waals surface area contributed by atoms with Gasteiger partial charge < -0.3 is 10.6 Å². The van der Waals surface area contributed by atoms with E-state index in [-0.39, 0.29) is 0 Å². The fraction of sp³-hybridized carbons (Fsp3) is 0.643. The van der Waals surface area contributed by atoms with Crippen molar-refractivity contribution >= 4 is 22.8 Å². The van der Waals surface area contributed by atoms with E-state index in [9.17, 15) is 0 Å². The first-order valence-electron chi connectivity index (χ1n) is 7.46. The summed E-state index contributed by atoms with van der Waals surface area (Å²) in [6.07, 6.45) is 6.68. The first-order valence-corrected chi connectivity index (χ1v) is 7.46. The van der Waals surface area contributed by atoms with Crippen LogP contribution in [-0.2, 0) is 0 Å². The first kappa shape index (κ1) is 14.6. The standard InChI is InChI=1S/C14H24N6/c1-4-6-7-8-10(3)17-12-11-9-16-20-13(11)19-14(18-12)15-5-2/h9-10H,4-8H2,1-3H3,(H3,15,16,17,18,19,20). The minimum absolute atomic E-state index is 0.393. The molecule has 0 aromatic carbocycles. The lowest BCUT2D eigenvalue weighted by atomic mass is 10.1. The number of nitrogens with zero attached hydrogens (tertiary/aromatic N) is 3. The fourth-order valence-corrected chi connectivity index (χ4v) is 2.19. The molecule has 1 atom stereocenters. The van der Waals surface area contributed by atoms with Crippen LogP contribution in [0.5, 0.6) is 0 Å². The average Bonchev–Trinajstić information content (AvgIpc) is 2.88. The zero-order valence-corrected chi connectivity index (χ0v) is 12.5. The predicted molar refractivity (Wildman–Crippen MR) is 83.1 cm³/mol. The summed E-state index contributed by atoms with van der Waals surface area (Å²) in [6, 6.07) is 0.393. The Labute approximate surface area is 119 Å². The van der Waals surface area contributed by atoms with E-state index < -0.39 is 0 Å². The summed E-state index contributed by atoms with van der Waals surface area (Å²) in [7, 11) is 0. The van der Waals surface area contributed by atoms with Crippen LogP contribution in [0, 0.1) is 0 Å². The Morgan fingerprint density at radius 1 is 1.25 bits per heavy atom.